The number of carbonyl (C=O) groups excluding carboxylic acids is 1. The third-order valence-corrected chi connectivity index (χ3v) is 4.37. The molecule has 0 fully saturated rings. The molecule has 23 heavy (non-hydrogen) atoms. The van der Waals surface area contributed by atoms with Crippen LogP contribution in [0.5, 0.6) is 0 Å². The number of halogens is 1. The van der Waals surface area contributed by atoms with E-state index in [0.717, 1.165) is 11.2 Å². The monoisotopic (exact) mass is 330 g/mol. The fraction of sp³-hybridized carbons (Fsp3) is 0.188. The second-order valence-electron chi connectivity index (χ2n) is 5.02. The molecule has 3 rings (SSSR count). The van der Waals surface area contributed by atoms with Crippen molar-refractivity contribution in [2.24, 2.45) is 0 Å². The lowest BCUT2D eigenvalue weighted by Crippen LogP contribution is -2.30. The molecule has 2 heterocycles. The van der Waals surface area contributed by atoms with Gasteiger partial charge >= 0.3 is 0 Å². The number of amides is 1. The Balaban J connectivity index is 1.60. The highest BCUT2D eigenvalue weighted by atomic mass is 32.2. The van der Waals surface area contributed by atoms with Crippen molar-refractivity contribution in [3.63, 3.8) is 0 Å². The van der Waals surface area contributed by atoms with E-state index in [-0.39, 0.29) is 17.0 Å². The molecule has 1 N–H and O–H groups in total. The normalized spacial score (nSPS) is 12.3. The number of fused-ring (bicyclic) bond motifs is 1. The molecular weight excluding hydrogens is 315 g/mol. The Morgan fingerprint density at radius 2 is 2.04 bits per heavy atom. The minimum atomic E-state index is -0.317. The van der Waals surface area contributed by atoms with Crippen molar-refractivity contribution in [1.82, 2.24) is 19.9 Å². The van der Waals surface area contributed by atoms with Crippen molar-refractivity contribution in [2.45, 2.75) is 23.9 Å². The molecule has 0 spiro atoms. The maximum atomic E-state index is 12.8. The van der Waals surface area contributed by atoms with E-state index >= 15 is 0 Å². The molecule has 1 aromatic carbocycles. The predicted molar refractivity (Wildman–Crippen MR) is 86.6 cm³/mol. The molecule has 0 aliphatic rings. The van der Waals surface area contributed by atoms with Crippen LogP contribution in [0, 0.1) is 5.82 Å². The molecule has 1 amide bonds. The van der Waals surface area contributed by atoms with Gasteiger partial charge in [0, 0.05) is 12.7 Å². The molecule has 0 radical (unpaired) electrons. The first-order valence-electron chi connectivity index (χ1n) is 7.12. The Kier molecular flexibility index (Phi) is 4.57. The molecule has 3 aromatic rings. The van der Waals surface area contributed by atoms with Gasteiger partial charge in [-0.15, -0.1) is 10.2 Å². The maximum Gasteiger partial charge on any atom is 0.233 e. The zero-order valence-electron chi connectivity index (χ0n) is 12.4. The molecule has 0 unspecified atom stereocenters. The number of pyridine rings is 1. The van der Waals surface area contributed by atoms with Gasteiger partial charge in [-0.1, -0.05) is 30.0 Å². The zero-order chi connectivity index (χ0) is 16.2. The van der Waals surface area contributed by atoms with E-state index in [1.165, 1.54) is 23.9 Å². The second kappa shape index (κ2) is 6.78. The number of carbonyl (C=O) groups is 1. The highest BCUT2D eigenvalue weighted by Crippen LogP contribution is 2.22. The molecule has 0 aliphatic carbocycles. The molecular formula is C16H15FN4OS. The molecule has 0 saturated heterocycles. The molecule has 0 bridgehead atoms. The van der Waals surface area contributed by atoms with Crippen LogP contribution >= 0.6 is 11.8 Å². The van der Waals surface area contributed by atoms with Crippen LogP contribution in [0.15, 0.2) is 53.8 Å². The zero-order valence-corrected chi connectivity index (χ0v) is 13.3. The van der Waals surface area contributed by atoms with E-state index in [9.17, 15) is 9.18 Å². The first-order valence-corrected chi connectivity index (χ1v) is 8.00. The third kappa shape index (κ3) is 3.68. The third-order valence-electron chi connectivity index (χ3n) is 3.31. The van der Waals surface area contributed by atoms with Crippen molar-refractivity contribution < 1.29 is 9.18 Å². The second-order valence-corrected chi connectivity index (χ2v) is 6.32. The Morgan fingerprint density at radius 1 is 1.26 bits per heavy atom. The minimum Gasteiger partial charge on any atom is -0.351 e. The largest absolute Gasteiger partial charge is 0.351 e. The average Bonchev–Trinajstić information content (AvgIpc) is 2.97. The molecule has 118 valence electrons. The topological polar surface area (TPSA) is 59.3 Å². The van der Waals surface area contributed by atoms with Crippen molar-refractivity contribution in [3.05, 3.63) is 60.0 Å². The van der Waals surface area contributed by atoms with Crippen LogP contribution < -0.4 is 5.32 Å². The highest BCUT2D eigenvalue weighted by molar-refractivity contribution is 8.00. The maximum absolute atomic E-state index is 12.8. The summed E-state index contributed by atoms with van der Waals surface area (Å²) >= 11 is 1.34. The summed E-state index contributed by atoms with van der Waals surface area (Å²) in [4.78, 5) is 12.2. The lowest BCUT2D eigenvalue weighted by molar-refractivity contribution is -0.120. The van der Waals surface area contributed by atoms with Gasteiger partial charge in [-0.3, -0.25) is 9.20 Å². The van der Waals surface area contributed by atoms with Gasteiger partial charge < -0.3 is 5.32 Å². The molecule has 0 aliphatic heterocycles. The van der Waals surface area contributed by atoms with Gasteiger partial charge in [0.05, 0.1) is 5.25 Å². The number of thioether (sulfide) groups is 1. The van der Waals surface area contributed by atoms with Gasteiger partial charge in [0.25, 0.3) is 0 Å². The summed E-state index contributed by atoms with van der Waals surface area (Å²) in [6.07, 6.45) is 1.86. The van der Waals surface area contributed by atoms with Gasteiger partial charge in [0.1, 0.15) is 5.82 Å². The Bertz CT molecular complexity index is 818. The fourth-order valence-corrected chi connectivity index (χ4v) is 2.91. The summed E-state index contributed by atoms with van der Waals surface area (Å²) in [5.74, 6) is -0.394. The van der Waals surface area contributed by atoms with E-state index in [1.54, 1.807) is 12.1 Å². The summed E-state index contributed by atoms with van der Waals surface area (Å²) < 4.78 is 14.7. The Labute approximate surface area is 136 Å². The van der Waals surface area contributed by atoms with Crippen molar-refractivity contribution in [3.8, 4) is 0 Å². The summed E-state index contributed by atoms with van der Waals surface area (Å²) in [7, 11) is 0. The van der Waals surface area contributed by atoms with E-state index in [1.807, 2.05) is 35.7 Å². The molecule has 7 heteroatoms. The van der Waals surface area contributed by atoms with E-state index < -0.39 is 0 Å². The van der Waals surface area contributed by atoms with Crippen LogP contribution in [-0.4, -0.2) is 25.8 Å². The van der Waals surface area contributed by atoms with E-state index in [0.29, 0.717) is 11.7 Å². The van der Waals surface area contributed by atoms with Crippen molar-refractivity contribution in [2.75, 3.05) is 0 Å². The van der Waals surface area contributed by atoms with Gasteiger partial charge in [-0.05, 0) is 36.8 Å². The number of benzene rings is 1. The smallest absolute Gasteiger partial charge is 0.233 e. The minimum absolute atomic E-state index is 0.105. The number of hydrogen-bond acceptors (Lipinski definition) is 4. The molecule has 0 saturated carbocycles. The van der Waals surface area contributed by atoms with Gasteiger partial charge in [-0.2, -0.15) is 0 Å². The summed E-state index contributed by atoms with van der Waals surface area (Å²) in [6, 6.07) is 11.7. The molecule has 1 atom stereocenters. The number of rotatable bonds is 5. The summed E-state index contributed by atoms with van der Waals surface area (Å²) in [5.41, 5.74) is 1.60. The van der Waals surface area contributed by atoms with Crippen LogP contribution in [0.25, 0.3) is 5.65 Å². The van der Waals surface area contributed by atoms with Crippen LogP contribution in [0.4, 0.5) is 4.39 Å². The first kappa shape index (κ1) is 15.5. The van der Waals surface area contributed by atoms with Crippen LogP contribution in [0.1, 0.15) is 12.5 Å². The summed E-state index contributed by atoms with van der Waals surface area (Å²) in [6.45, 7) is 2.18. The Hall–Kier alpha value is -2.41. The van der Waals surface area contributed by atoms with Crippen LogP contribution in [0.3, 0.4) is 0 Å². The SMILES string of the molecule is C[C@@H](Sc1nnc2ccccn12)C(=O)NCc1ccc(F)cc1. The number of nitrogens with one attached hydrogen (secondary N) is 1. The average molecular weight is 330 g/mol. The number of aromatic nitrogens is 3. The first-order chi connectivity index (χ1) is 11.1. The molecule has 5 nitrogen and oxygen atoms in total. The van der Waals surface area contributed by atoms with Crippen LogP contribution in [-0.2, 0) is 11.3 Å². The summed E-state index contributed by atoms with van der Waals surface area (Å²) in [5, 5.41) is 11.4. The Morgan fingerprint density at radius 3 is 2.83 bits per heavy atom. The predicted octanol–water partition coefficient (Wildman–Crippen LogP) is 2.67. The lowest BCUT2D eigenvalue weighted by Gasteiger charge is -2.11. The lowest BCUT2D eigenvalue weighted by atomic mass is 10.2. The van der Waals surface area contributed by atoms with Gasteiger partial charge in [0.2, 0.25) is 5.91 Å². The quantitative estimate of drug-likeness (QED) is 0.731. The number of nitrogens with zero attached hydrogens (tertiary/aromatic N) is 3. The van der Waals surface area contributed by atoms with E-state index in [2.05, 4.69) is 15.5 Å². The standard InChI is InChI=1S/C16H15FN4OS/c1-11(15(22)18-10-12-5-7-13(17)8-6-12)23-16-20-19-14-4-2-3-9-21(14)16/h2-9,11H,10H2,1H3,(H,18,22)/t11-/m1/s1. The van der Waals surface area contributed by atoms with E-state index in [4.69, 9.17) is 0 Å². The van der Waals surface area contributed by atoms with Crippen molar-refractivity contribution in [1.29, 1.82) is 0 Å². The molecule has 2 aromatic heterocycles. The van der Waals surface area contributed by atoms with Crippen molar-refractivity contribution >= 4 is 23.3 Å². The van der Waals surface area contributed by atoms with Crippen LogP contribution in [0.2, 0.25) is 0 Å². The van der Waals surface area contributed by atoms with Gasteiger partial charge in [-0.25, -0.2) is 4.39 Å². The number of hydrogen-bond donors (Lipinski definition) is 1. The fourth-order valence-electron chi connectivity index (χ4n) is 2.05. The van der Waals surface area contributed by atoms with Gasteiger partial charge in [0.15, 0.2) is 10.8 Å². The highest BCUT2D eigenvalue weighted by Gasteiger charge is 2.17.